The van der Waals surface area contributed by atoms with Crippen molar-refractivity contribution in [2.75, 3.05) is 11.9 Å². The zero-order chi connectivity index (χ0) is 15.4. The van der Waals surface area contributed by atoms with Gasteiger partial charge in [-0.1, -0.05) is 41.4 Å². The molecule has 0 radical (unpaired) electrons. The van der Waals surface area contributed by atoms with Crippen LogP contribution in [0.4, 0.5) is 5.82 Å². The normalized spacial score (nSPS) is 10.7. The van der Waals surface area contributed by atoms with Crippen molar-refractivity contribution in [1.82, 2.24) is 9.97 Å². The molecule has 3 nitrogen and oxygen atoms in total. The van der Waals surface area contributed by atoms with E-state index in [0.29, 0.717) is 10.8 Å². The number of aryl methyl sites for hydroxylation is 1. The smallest absolute Gasteiger partial charge is 0.163 e. The van der Waals surface area contributed by atoms with Crippen LogP contribution in [0.25, 0.3) is 11.4 Å². The number of halogens is 2. The molecule has 0 spiro atoms. The highest BCUT2D eigenvalue weighted by molar-refractivity contribution is 9.10. The first-order chi connectivity index (χ1) is 10.1. The number of nitrogens with one attached hydrogen (secondary N) is 1. The fourth-order valence-corrected chi connectivity index (χ4v) is 2.87. The van der Waals surface area contributed by atoms with Crippen LogP contribution in [0, 0.1) is 6.92 Å². The van der Waals surface area contributed by atoms with Crippen LogP contribution in [-0.2, 0) is 6.42 Å². The van der Waals surface area contributed by atoms with Gasteiger partial charge < -0.3 is 5.32 Å². The van der Waals surface area contributed by atoms with Gasteiger partial charge in [0.2, 0.25) is 0 Å². The quantitative estimate of drug-likeness (QED) is 0.783. The predicted octanol–water partition coefficient (Wildman–Crippen LogP) is 5.25. The first-order valence-electron chi connectivity index (χ1n) is 7.13. The summed E-state index contributed by atoms with van der Waals surface area (Å²) in [5, 5.41) is 4.02. The molecule has 2 rings (SSSR count). The van der Waals surface area contributed by atoms with E-state index in [-0.39, 0.29) is 0 Å². The Morgan fingerprint density at radius 1 is 1.24 bits per heavy atom. The third-order valence-electron chi connectivity index (χ3n) is 3.30. The minimum atomic E-state index is 0.650. The summed E-state index contributed by atoms with van der Waals surface area (Å²) in [6.07, 6.45) is 1.93. The van der Waals surface area contributed by atoms with Gasteiger partial charge in [-0.3, -0.25) is 0 Å². The van der Waals surface area contributed by atoms with Crippen LogP contribution >= 0.6 is 27.5 Å². The lowest BCUT2D eigenvalue weighted by Gasteiger charge is -2.13. The molecule has 1 heterocycles. The van der Waals surface area contributed by atoms with Crippen LogP contribution in [0.15, 0.2) is 22.7 Å². The Labute approximate surface area is 139 Å². The maximum atomic E-state index is 6.33. The lowest BCUT2D eigenvalue weighted by molar-refractivity contribution is 0.936. The van der Waals surface area contributed by atoms with Crippen molar-refractivity contribution in [3.63, 3.8) is 0 Å². The average molecular weight is 369 g/mol. The van der Waals surface area contributed by atoms with Crippen LogP contribution in [0.2, 0.25) is 5.02 Å². The molecular weight excluding hydrogens is 350 g/mol. The third kappa shape index (κ3) is 3.74. The highest BCUT2D eigenvalue weighted by Crippen LogP contribution is 2.30. The van der Waals surface area contributed by atoms with E-state index in [9.17, 15) is 0 Å². The van der Waals surface area contributed by atoms with E-state index in [1.807, 2.05) is 18.2 Å². The second-order valence-electron chi connectivity index (χ2n) is 4.87. The van der Waals surface area contributed by atoms with Gasteiger partial charge in [-0.25, -0.2) is 9.97 Å². The van der Waals surface area contributed by atoms with Gasteiger partial charge in [0, 0.05) is 27.8 Å². The molecule has 0 amide bonds. The molecule has 0 saturated carbocycles. The lowest BCUT2D eigenvalue weighted by atomic mass is 10.1. The van der Waals surface area contributed by atoms with Crippen molar-refractivity contribution in [3.05, 3.63) is 39.0 Å². The maximum absolute atomic E-state index is 6.33. The third-order valence-corrected chi connectivity index (χ3v) is 4.10. The molecular formula is C16H19BrClN3. The highest BCUT2D eigenvalue weighted by atomic mass is 79.9. The van der Waals surface area contributed by atoms with Crippen molar-refractivity contribution in [2.45, 2.75) is 33.6 Å². The number of nitrogens with zero attached hydrogens (tertiary/aromatic N) is 2. The van der Waals surface area contributed by atoms with Gasteiger partial charge >= 0.3 is 0 Å². The van der Waals surface area contributed by atoms with Crippen LogP contribution in [0.5, 0.6) is 0 Å². The largest absolute Gasteiger partial charge is 0.370 e. The maximum Gasteiger partial charge on any atom is 0.163 e. The van der Waals surface area contributed by atoms with Crippen molar-refractivity contribution in [3.8, 4) is 11.4 Å². The SMILES string of the molecule is CCCNc1nc(-c2ccc(Br)cc2Cl)nc(CC)c1C. The monoisotopic (exact) mass is 367 g/mol. The summed E-state index contributed by atoms with van der Waals surface area (Å²) >= 11 is 9.75. The molecule has 21 heavy (non-hydrogen) atoms. The van der Waals surface area contributed by atoms with E-state index in [1.165, 1.54) is 0 Å². The molecule has 1 aromatic carbocycles. The Bertz CT molecular complexity index is 644. The Kier molecular flexibility index (Phi) is 5.59. The molecule has 0 aliphatic carbocycles. The van der Waals surface area contributed by atoms with E-state index in [0.717, 1.165) is 46.5 Å². The van der Waals surface area contributed by atoms with Gasteiger partial charge in [0.1, 0.15) is 5.82 Å². The molecule has 0 saturated heterocycles. The standard InChI is InChI=1S/C16H19BrClN3/c1-4-8-19-15-10(3)14(5-2)20-16(21-15)12-7-6-11(17)9-13(12)18/h6-7,9H,4-5,8H2,1-3H3,(H,19,20,21). The summed E-state index contributed by atoms with van der Waals surface area (Å²) < 4.78 is 0.948. The molecule has 0 bridgehead atoms. The number of anilines is 1. The van der Waals surface area contributed by atoms with E-state index in [1.54, 1.807) is 0 Å². The molecule has 112 valence electrons. The van der Waals surface area contributed by atoms with Crippen LogP contribution in [0.1, 0.15) is 31.5 Å². The summed E-state index contributed by atoms with van der Waals surface area (Å²) in [5.74, 6) is 1.58. The van der Waals surface area contributed by atoms with Gasteiger partial charge in [-0.05, 0) is 38.0 Å². The first kappa shape index (κ1) is 16.2. The summed E-state index contributed by atoms with van der Waals surface area (Å²) in [6, 6.07) is 5.76. The Morgan fingerprint density at radius 3 is 2.62 bits per heavy atom. The Morgan fingerprint density at radius 2 is 2.00 bits per heavy atom. The van der Waals surface area contributed by atoms with Gasteiger partial charge in [-0.2, -0.15) is 0 Å². The number of rotatable bonds is 5. The van der Waals surface area contributed by atoms with E-state index < -0.39 is 0 Å². The number of aromatic nitrogens is 2. The van der Waals surface area contributed by atoms with Crippen LogP contribution in [-0.4, -0.2) is 16.5 Å². The number of benzene rings is 1. The van der Waals surface area contributed by atoms with Gasteiger partial charge in [0.15, 0.2) is 5.82 Å². The van der Waals surface area contributed by atoms with Gasteiger partial charge in [-0.15, -0.1) is 0 Å². The van der Waals surface area contributed by atoms with Crippen molar-refractivity contribution in [1.29, 1.82) is 0 Å². The lowest BCUT2D eigenvalue weighted by Crippen LogP contribution is -2.08. The van der Waals surface area contributed by atoms with Gasteiger partial charge in [0.25, 0.3) is 0 Å². The van der Waals surface area contributed by atoms with E-state index in [2.05, 4.69) is 52.0 Å². The minimum absolute atomic E-state index is 0.650. The minimum Gasteiger partial charge on any atom is -0.370 e. The zero-order valence-electron chi connectivity index (χ0n) is 12.5. The molecule has 0 aliphatic rings. The Hall–Kier alpha value is -1.13. The fourth-order valence-electron chi connectivity index (χ4n) is 2.11. The fraction of sp³-hybridized carbons (Fsp3) is 0.375. The van der Waals surface area contributed by atoms with E-state index >= 15 is 0 Å². The molecule has 2 aromatic rings. The molecule has 0 fully saturated rings. The average Bonchev–Trinajstić information content (AvgIpc) is 2.46. The summed E-state index contributed by atoms with van der Waals surface area (Å²) in [4.78, 5) is 9.33. The Balaban J connectivity index is 2.52. The molecule has 0 atom stereocenters. The van der Waals surface area contributed by atoms with Crippen LogP contribution in [0.3, 0.4) is 0 Å². The number of hydrogen-bond donors (Lipinski definition) is 1. The summed E-state index contributed by atoms with van der Waals surface area (Å²) in [5.41, 5.74) is 3.02. The van der Waals surface area contributed by atoms with Gasteiger partial charge in [0.05, 0.1) is 5.02 Å². The van der Waals surface area contributed by atoms with Crippen LogP contribution < -0.4 is 5.32 Å². The second kappa shape index (κ2) is 7.23. The number of hydrogen-bond acceptors (Lipinski definition) is 3. The molecule has 0 unspecified atom stereocenters. The molecule has 1 N–H and O–H groups in total. The highest BCUT2D eigenvalue weighted by Gasteiger charge is 2.13. The van der Waals surface area contributed by atoms with Crippen molar-refractivity contribution in [2.24, 2.45) is 0 Å². The molecule has 5 heteroatoms. The van der Waals surface area contributed by atoms with E-state index in [4.69, 9.17) is 11.6 Å². The topological polar surface area (TPSA) is 37.8 Å². The predicted molar refractivity (Wildman–Crippen MR) is 93.1 cm³/mol. The first-order valence-corrected chi connectivity index (χ1v) is 8.30. The van der Waals surface area contributed by atoms with Crippen molar-refractivity contribution < 1.29 is 0 Å². The summed E-state index contributed by atoms with van der Waals surface area (Å²) in [7, 11) is 0. The van der Waals surface area contributed by atoms with Crippen molar-refractivity contribution >= 4 is 33.3 Å². The molecule has 1 aromatic heterocycles. The molecule has 0 aliphatic heterocycles. The second-order valence-corrected chi connectivity index (χ2v) is 6.19. The zero-order valence-corrected chi connectivity index (χ0v) is 14.8. The summed E-state index contributed by atoms with van der Waals surface area (Å²) in [6.45, 7) is 7.20.